The van der Waals surface area contributed by atoms with Gasteiger partial charge in [-0.05, 0) is 0 Å². The van der Waals surface area contributed by atoms with Crippen LogP contribution in [-0.4, -0.2) is 6.00 Å². The molecule has 0 aromatic carbocycles. The summed E-state index contributed by atoms with van der Waals surface area (Å²) < 4.78 is 0. The molecule has 0 atom stereocenters. The lowest BCUT2D eigenvalue weighted by Crippen LogP contribution is -2.05. The molecule has 40 valence electrons. The lowest BCUT2D eigenvalue weighted by Gasteiger charge is -1.97. The van der Waals surface area contributed by atoms with Gasteiger partial charge in [0.05, 0.1) is 0 Å². The molecular weight excluding hydrogens is 170 g/mol. The van der Waals surface area contributed by atoms with Crippen LogP contribution in [0.3, 0.4) is 0 Å². The Morgan fingerprint density at radius 1 is 1.43 bits per heavy atom. The Morgan fingerprint density at radius 2 is 1.86 bits per heavy atom. The number of hydrogen-bond donors (Lipinski definition) is 0. The van der Waals surface area contributed by atoms with Crippen molar-refractivity contribution < 1.29 is 0 Å². The minimum atomic E-state index is -2.48. The van der Waals surface area contributed by atoms with Gasteiger partial charge >= 0.3 is 6.00 Å². The molecule has 0 fully saturated rings. The molecule has 0 radical (unpaired) electrons. The van der Waals surface area contributed by atoms with E-state index in [1.807, 2.05) is 0 Å². The van der Waals surface area contributed by atoms with Crippen LogP contribution in [-0.2, 0) is 0 Å². The molecule has 0 unspecified atom stereocenters. The first-order valence-electron chi connectivity index (χ1n) is 1.56. The van der Waals surface area contributed by atoms with E-state index in [1.54, 1.807) is 0 Å². The Bertz CT molecular complexity index is 87.3. The van der Waals surface area contributed by atoms with E-state index in [1.165, 1.54) is 0 Å². The lowest BCUT2D eigenvalue weighted by atomic mass is 10.8. The smallest absolute Gasteiger partial charge is 0.125 e. The fourth-order valence-electron chi connectivity index (χ4n) is 0.116. The molecule has 0 aliphatic rings. The van der Waals surface area contributed by atoms with Crippen LogP contribution in [0, 0.1) is 12.3 Å². The molecule has 0 rings (SSSR count). The molecule has 0 bridgehead atoms. The van der Waals surface area contributed by atoms with E-state index in [4.69, 9.17) is 39.7 Å². The van der Waals surface area contributed by atoms with Gasteiger partial charge in [0.1, 0.15) is 0 Å². The number of rotatable bonds is 1. The van der Waals surface area contributed by atoms with Gasteiger partial charge in [-0.15, -0.1) is 45.6 Å². The third kappa shape index (κ3) is 6.65. The zero-order valence-electron chi connectivity index (χ0n) is 3.42. The summed E-state index contributed by atoms with van der Waals surface area (Å²) in [6, 6.07) is -2.17. The van der Waals surface area contributed by atoms with Crippen molar-refractivity contribution in [3.8, 4) is 12.3 Å². The van der Waals surface area contributed by atoms with Gasteiger partial charge in [-0.25, -0.2) is 0 Å². The average Bonchev–Trinajstić information content (AvgIpc) is 1.30. The van der Waals surface area contributed by atoms with Gasteiger partial charge in [0.2, 0.25) is 0 Å². The van der Waals surface area contributed by atoms with Gasteiger partial charge in [-0.2, -0.15) is 0 Å². The second kappa shape index (κ2) is 2.83. The maximum absolute atomic E-state index is 5.36. The van der Waals surface area contributed by atoms with Gasteiger partial charge < -0.3 is 0 Å². The number of hydrogen-bond acceptors (Lipinski definition) is 0. The Hall–Kier alpha value is 0.647. The summed E-state index contributed by atoms with van der Waals surface area (Å²) in [7, 11) is 0. The van der Waals surface area contributed by atoms with Gasteiger partial charge in [0, 0.05) is 6.04 Å². The van der Waals surface area contributed by atoms with Crippen LogP contribution >= 0.6 is 33.2 Å². The van der Waals surface area contributed by atoms with Crippen LogP contribution in [0.25, 0.3) is 0 Å². The van der Waals surface area contributed by atoms with E-state index in [2.05, 4.69) is 5.92 Å². The van der Waals surface area contributed by atoms with Crippen molar-refractivity contribution in [1.29, 1.82) is 0 Å². The number of halogens is 3. The first kappa shape index (κ1) is 7.65. The van der Waals surface area contributed by atoms with Crippen LogP contribution in [0.1, 0.15) is 0 Å². The van der Waals surface area contributed by atoms with Crippen molar-refractivity contribution >= 4 is 39.2 Å². The Morgan fingerprint density at radius 3 is 1.86 bits per heavy atom. The fourth-order valence-corrected chi connectivity index (χ4v) is 1.04. The van der Waals surface area contributed by atoms with E-state index in [-0.39, 0.29) is 0 Å². The van der Waals surface area contributed by atoms with E-state index in [0.29, 0.717) is 6.04 Å². The van der Waals surface area contributed by atoms with Crippen LogP contribution in [0.4, 0.5) is 0 Å². The van der Waals surface area contributed by atoms with Crippen molar-refractivity contribution in [2.45, 2.75) is 6.04 Å². The standard InChI is InChI=1S/C3H3Cl3Si/c1-2-3-7(4,5)6/h1H,3H2. The maximum atomic E-state index is 5.36. The molecule has 0 aromatic rings. The minimum absolute atomic E-state index is 0.303. The summed E-state index contributed by atoms with van der Waals surface area (Å²) in [5.74, 6) is 2.27. The highest BCUT2D eigenvalue weighted by Gasteiger charge is 2.22. The quantitative estimate of drug-likeness (QED) is 0.324. The normalized spacial score (nSPS) is 10.6. The van der Waals surface area contributed by atoms with Gasteiger partial charge in [-0.1, -0.05) is 0 Å². The highest BCUT2D eigenvalue weighted by atomic mass is 35.8. The molecule has 0 amide bonds. The SMILES string of the molecule is C#CC[Si](Cl)(Cl)Cl. The molecule has 0 saturated heterocycles. The molecule has 7 heavy (non-hydrogen) atoms. The highest BCUT2D eigenvalue weighted by Crippen LogP contribution is 2.23. The molecule has 0 aromatic heterocycles. The van der Waals surface area contributed by atoms with E-state index < -0.39 is 6.00 Å². The zero-order valence-corrected chi connectivity index (χ0v) is 6.69. The predicted octanol–water partition coefficient (Wildman–Crippen LogP) is 2.27. The second-order valence-corrected chi connectivity index (χ2v) is 10.1. The topological polar surface area (TPSA) is 0 Å². The molecule has 0 N–H and O–H groups in total. The van der Waals surface area contributed by atoms with Gasteiger partial charge in [-0.3, -0.25) is 0 Å². The van der Waals surface area contributed by atoms with Crippen molar-refractivity contribution in [2.75, 3.05) is 0 Å². The molecular formula is C3H3Cl3Si. The molecule has 0 saturated carbocycles. The van der Waals surface area contributed by atoms with Crippen molar-refractivity contribution in [2.24, 2.45) is 0 Å². The molecule has 0 nitrogen and oxygen atoms in total. The summed E-state index contributed by atoms with van der Waals surface area (Å²) in [5.41, 5.74) is 0. The molecule has 0 aliphatic carbocycles. The van der Waals surface area contributed by atoms with Crippen molar-refractivity contribution in [3.63, 3.8) is 0 Å². The third-order valence-corrected chi connectivity index (χ3v) is 2.11. The molecule has 0 heterocycles. The molecule has 4 heteroatoms. The lowest BCUT2D eigenvalue weighted by molar-refractivity contribution is 1.85. The van der Waals surface area contributed by atoms with Crippen LogP contribution in [0.5, 0.6) is 0 Å². The first-order valence-corrected chi connectivity index (χ1v) is 6.81. The van der Waals surface area contributed by atoms with Crippen LogP contribution in [0.15, 0.2) is 0 Å². The van der Waals surface area contributed by atoms with Crippen LogP contribution < -0.4 is 0 Å². The largest absolute Gasteiger partial charge is 0.352 e. The summed E-state index contributed by atoms with van der Waals surface area (Å²) >= 11 is 16.1. The van der Waals surface area contributed by atoms with Gasteiger partial charge in [0.15, 0.2) is 0 Å². The zero-order chi connectivity index (χ0) is 5.91. The summed E-state index contributed by atoms with van der Waals surface area (Å²) in [6.45, 7) is 0. The van der Waals surface area contributed by atoms with E-state index in [9.17, 15) is 0 Å². The maximum Gasteiger partial charge on any atom is 0.352 e. The minimum Gasteiger partial charge on any atom is -0.125 e. The summed E-state index contributed by atoms with van der Waals surface area (Å²) in [4.78, 5) is 0. The Kier molecular flexibility index (Phi) is 3.10. The Balaban J connectivity index is 3.40. The summed E-state index contributed by atoms with van der Waals surface area (Å²) in [6.07, 6.45) is 4.85. The van der Waals surface area contributed by atoms with E-state index >= 15 is 0 Å². The fraction of sp³-hybridized carbons (Fsp3) is 0.333. The second-order valence-electron chi connectivity index (χ2n) is 0.996. The monoisotopic (exact) mass is 172 g/mol. The summed E-state index contributed by atoms with van der Waals surface area (Å²) in [5, 5.41) is 0. The van der Waals surface area contributed by atoms with Crippen LogP contribution in [0.2, 0.25) is 6.04 Å². The van der Waals surface area contributed by atoms with Crippen molar-refractivity contribution in [3.05, 3.63) is 0 Å². The van der Waals surface area contributed by atoms with E-state index in [0.717, 1.165) is 0 Å². The molecule has 0 spiro atoms. The first-order chi connectivity index (χ1) is 3.06. The molecule has 0 aliphatic heterocycles. The average molecular weight is 174 g/mol. The van der Waals surface area contributed by atoms with Crippen molar-refractivity contribution in [1.82, 2.24) is 0 Å². The Labute approximate surface area is 57.9 Å². The predicted molar refractivity (Wildman–Crippen MR) is 37.0 cm³/mol. The highest BCUT2D eigenvalue weighted by molar-refractivity contribution is 7.64. The third-order valence-electron chi connectivity index (χ3n) is 0.303. The van der Waals surface area contributed by atoms with Gasteiger partial charge in [0.25, 0.3) is 0 Å². The number of terminal acetylenes is 1.